The molecule has 1 unspecified atom stereocenters. The molecule has 0 radical (unpaired) electrons. The highest BCUT2D eigenvalue weighted by Crippen LogP contribution is 2.38. The van der Waals surface area contributed by atoms with E-state index in [9.17, 15) is 15.0 Å². The maximum absolute atomic E-state index is 12.2. The van der Waals surface area contributed by atoms with Gasteiger partial charge in [-0.25, -0.2) is 0 Å². The average Bonchev–Trinajstić information content (AvgIpc) is 2.98. The smallest absolute Gasteiger partial charge is 0.196 e. The van der Waals surface area contributed by atoms with Crippen molar-refractivity contribution in [1.82, 2.24) is 4.90 Å². The van der Waals surface area contributed by atoms with Gasteiger partial charge in [0.1, 0.15) is 28.1 Å². The van der Waals surface area contributed by atoms with Gasteiger partial charge in [-0.2, -0.15) is 0 Å². The lowest BCUT2D eigenvalue weighted by Crippen LogP contribution is -2.33. The number of rotatable bonds is 6. The van der Waals surface area contributed by atoms with Gasteiger partial charge in [0.2, 0.25) is 0 Å². The SMILES string of the molecule is CCN(CC)CC(O)Cc1c2oc(C)cc2c(O)c2c(=O)ccoc12. The third-order valence-corrected chi connectivity index (χ3v) is 4.58. The van der Waals surface area contributed by atoms with Crippen molar-refractivity contribution >= 4 is 21.9 Å². The third-order valence-electron chi connectivity index (χ3n) is 4.58. The van der Waals surface area contributed by atoms with Crippen LogP contribution in [0.15, 0.2) is 32.0 Å². The van der Waals surface area contributed by atoms with Crippen LogP contribution in [0.2, 0.25) is 0 Å². The number of hydrogen-bond acceptors (Lipinski definition) is 6. The van der Waals surface area contributed by atoms with E-state index < -0.39 is 6.10 Å². The van der Waals surface area contributed by atoms with Crippen molar-refractivity contribution in [3.05, 3.63) is 39.9 Å². The van der Waals surface area contributed by atoms with Crippen LogP contribution in [0.3, 0.4) is 0 Å². The maximum atomic E-state index is 12.2. The predicted octanol–water partition coefficient (Wildman–Crippen LogP) is 2.80. The zero-order valence-electron chi connectivity index (χ0n) is 14.7. The van der Waals surface area contributed by atoms with Gasteiger partial charge < -0.3 is 23.9 Å². The zero-order chi connectivity index (χ0) is 18.1. The van der Waals surface area contributed by atoms with Crippen LogP contribution in [-0.4, -0.2) is 40.9 Å². The zero-order valence-corrected chi connectivity index (χ0v) is 14.7. The number of aliphatic hydroxyl groups is 1. The number of likely N-dealkylation sites (N-methyl/N-ethyl adjacent to an activating group) is 1. The fourth-order valence-electron chi connectivity index (χ4n) is 3.28. The van der Waals surface area contributed by atoms with Crippen molar-refractivity contribution < 1.29 is 19.0 Å². The molecule has 0 spiro atoms. The van der Waals surface area contributed by atoms with Crippen LogP contribution in [0, 0.1) is 6.92 Å². The Labute approximate surface area is 145 Å². The Hall–Kier alpha value is -2.31. The third kappa shape index (κ3) is 3.15. The second-order valence-corrected chi connectivity index (χ2v) is 6.26. The maximum Gasteiger partial charge on any atom is 0.196 e. The molecule has 134 valence electrons. The fourth-order valence-corrected chi connectivity index (χ4v) is 3.28. The molecule has 0 saturated heterocycles. The number of furan rings is 1. The van der Waals surface area contributed by atoms with Gasteiger partial charge in [-0.3, -0.25) is 4.79 Å². The molecule has 0 bridgehead atoms. The number of fused-ring (bicyclic) bond motifs is 2. The summed E-state index contributed by atoms with van der Waals surface area (Å²) in [5, 5.41) is 21.6. The summed E-state index contributed by atoms with van der Waals surface area (Å²) in [5.41, 5.74) is 1.01. The highest BCUT2D eigenvalue weighted by molar-refractivity contribution is 6.04. The largest absolute Gasteiger partial charge is 0.506 e. The fraction of sp³-hybridized carbons (Fsp3) is 0.421. The number of hydrogen-bond donors (Lipinski definition) is 2. The summed E-state index contributed by atoms with van der Waals surface area (Å²) in [5.74, 6) is 0.478. The molecule has 3 rings (SSSR count). The minimum atomic E-state index is -0.647. The molecule has 0 fully saturated rings. The monoisotopic (exact) mass is 345 g/mol. The Morgan fingerprint density at radius 3 is 2.64 bits per heavy atom. The van der Waals surface area contributed by atoms with Crippen LogP contribution in [0.1, 0.15) is 25.2 Å². The van der Waals surface area contributed by atoms with Gasteiger partial charge in [0.15, 0.2) is 5.43 Å². The Bertz CT molecular complexity index is 952. The molecule has 3 aromatic rings. The topological polar surface area (TPSA) is 87.0 Å². The quantitative estimate of drug-likeness (QED) is 0.714. The van der Waals surface area contributed by atoms with Gasteiger partial charge in [-0.1, -0.05) is 13.8 Å². The summed E-state index contributed by atoms with van der Waals surface area (Å²) >= 11 is 0. The standard InChI is InChI=1S/C19H23NO5/c1-4-20(5-2)10-12(21)9-14-18-13(8-11(3)25-18)17(23)16-15(22)6-7-24-19(14)16/h6-8,12,21,23H,4-5,9-10H2,1-3H3. The molecule has 2 aromatic heterocycles. The minimum absolute atomic E-state index is 0.126. The highest BCUT2D eigenvalue weighted by Gasteiger charge is 2.23. The normalized spacial score (nSPS) is 13.2. The van der Waals surface area contributed by atoms with Crippen LogP contribution < -0.4 is 5.43 Å². The summed E-state index contributed by atoms with van der Waals surface area (Å²) in [4.78, 5) is 14.4. The number of nitrogens with zero attached hydrogens (tertiary/aromatic N) is 1. The van der Waals surface area contributed by atoms with Gasteiger partial charge >= 0.3 is 0 Å². The summed E-state index contributed by atoms with van der Waals surface area (Å²) in [6.07, 6.45) is 0.919. The number of aliphatic hydroxyl groups excluding tert-OH is 1. The van der Waals surface area contributed by atoms with E-state index in [4.69, 9.17) is 8.83 Å². The Morgan fingerprint density at radius 1 is 1.24 bits per heavy atom. The van der Waals surface area contributed by atoms with Crippen LogP contribution >= 0.6 is 0 Å². The molecule has 0 saturated carbocycles. The first-order valence-electron chi connectivity index (χ1n) is 8.52. The van der Waals surface area contributed by atoms with E-state index >= 15 is 0 Å². The molecule has 25 heavy (non-hydrogen) atoms. The van der Waals surface area contributed by atoms with E-state index in [0.29, 0.717) is 28.8 Å². The molecule has 6 nitrogen and oxygen atoms in total. The van der Waals surface area contributed by atoms with E-state index in [2.05, 4.69) is 4.90 Å². The lowest BCUT2D eigenvalue weighted by Gasteiger charge is -2.22. The molecular formula is C19H23NO5. The summed E-state index contributed by atoms with van der Waals surface area (Å²) in [7, 11) is 0. The summed E-state index contributed by atoms with van der Waals surface area (Å²) in [6, 6.07) is 2.97. The average molecular weight is 345 g/mol. The van der Waals surface area contributed by atoms with Crippen molar-refractivity contribution in [1.29, 1.82) is 0 Å². The number of aryl methyl sites for hydroxylation is 1. The molecule has 6 heteroatoms. The summed E-state index contributed by atoms with van der Waals surface area (Å²) < 4.78 is 11.3. The van der Waals surface area contributed by atoms with Crippen molar-refractivity contribution in [3.8, 4) is 5.75 Å². The number of aromatic hydroxyl groups is 1. The van der Waals surface area contributed by atoms with Gasteiger partial charge in [0.05, 0.1) is 17.8 Å². The van der Waals surface area contributed by atoms with Crippen LogP contribution in [0.5, 0.6) is 5.75 Å². The lowest BCUT2D eigenvalue weighted by atomic mass is 10.0. The van der Waals surface area contributed by atoms with E-state index in [0.717, 1.165) is 13.1 Å². The van der Waals surface area contributed by atoms with Crippen LogP contribution in [0.4, 0.5) is 0 Å². The molecule has 0 amide bonds. The van der Waals surface area contributed by atoms with Gasteiger partial charge in [0, 0.05) is 24.6 Å². The molecule has 0 aliphatic carbocycles. The number of phenolic OH excluding ortho intramolecular Hbond substituents is 1. The molecule has 2 N–H and O–H groups in total. The Kier molecular flexibility index (Phi) is 4.83. The molecule has 2 heterocycles. The van der Waals surface area contributed by atoms with Crippen molar-refractivity contribution in [2.45, 2.75) is 33.3 Å². The second kappa shape index (κ2) is 6.90. The number of phenols is 1. The second-order valence-electron chi connectivity index (χ2n) is 6.26. The molecule has 0 aliphatic heterocycles. The Balaban J connectivity index is 2.16. The molecular weight excluding hydrogens is 322 g/mol. The first-order chi connectivity index (χ1) is 12.0. The lowest BCUT2D eigenvalue weighted by molar-refractivity contribution is 0.118. The molecule has 0 aliphatic rings. The van der Waals surface area contributed by atoms with E-state index in [1.54, 1.807) is 13.0 Å². The van der Waals surface area contributed by atoms with Crippen molar-refractivity contribution in [3.63, 3.8) is 0 Å². The van der Waals surface area contributed by atoms with Crippen LogP contribution in [-0.2, 0) is 6.42 Å². The van der Waals surface area contributed by atoms with Gasteiger partial charge in [0.25, 0.3) is 0 Å². The Morgan fingerprint density at radius 2 is 1.96 bits per heavy atom. The first-order valence-corrected chi connectivity index (χ1v) is 8.52. The van der Waals surface area contributed by atoms with Crippen molar-refractivity contribution in [2.75, 3.05) is 19.6 Å². The van der Waals surface area contributed by atoms with E-state index in [1.165, 1.54) is 12.3 Å². The predicted molar refractivity (Wildman–Crippen MR) is 96.2 cm³/mol. The highest BCUT2D eigenvalue weighted by atomic mass is 16.3. The molecule has 1 aromatic carbocycles. The first kappa shape index (κ1) is 17.5. The van der Waals surface area contributed by atoms with Crippen molar-refractivity contribution in [2.24, 2.45) is 0 Å². The minimum Gasteiger partial charge on any atom is -0.506 e. The van der Waals surface area contributed by atoms with E-state index in [1.807, 2.05) is 13.8 Å². The summed E-state index contributed by atoms with van der Waals surface area (Å²) in [6.45, 7) is 8.05. The number of benzene rings is 1. The molecule has 1 atom stereocenters. The van der Waals surface area contributed by atoms with Crippen LogP contribution in [0.25, 0.3) is 21.9 Å². The van der Waals surface area contributed by atoms with Gasteiger partial charge in [-0.15, -0.1) is 0 Å². The van der Waals surface area contributed by atoms with Gasteiger partial charge in [-0.05, 0) is 26.1 Å². The van der Waals surface area contributed by atoms with E-state index in [-0.39, 0.29) is 28.6 Å².